The van der Waals surface area contributed by atoms with Gasteiger partial charge in [-0.25, -0.2) is 0 Å². The fourth-order valence-corrected chi connectivity index (χ4v) is 4.61. The molecule has 31 heavy (non-hydrogen) atoms. The Balaban J connectivity index is 1.82. The molecule has 162 valence electrons. The standard InChI is InChI=1S/C26H29NO4/c1-16(2)17-8-10-18(11-9-17)22-15-25(29)27(23-6-5-7-24(28)26(22)23)19-12-20(30-3)14-21(13-19)31-4/h8-14,16,22H,5-7,15H2,1-4H3. The summed E-state index contributed by atoms with van der Waals surface area (Å²) in [7, 11) is 3.17. The molecule has 0 N–H and O–H groups in total. The fraction of sp³-hybridized carbons (Fsp3) is 0.385. The molecule has 0 radical (unpaired) electrons. The largest absolute Gasteiger partial charge is 0.497 e. The average molecular weight is 420 g/mol. The minimum atomic E-state index is -0.194. The molecule has 1 heterocycles. The number of allylic oxidation sites excluding steroid dienone is 2. The van der Waals surface area contributed by atoms with Crippen molar-refractivity contribution in [3.05, 3.63) is 64.9 Å². The van der Waals surface area contributed by atoms with Gasteiger partial charge in [-0.2, -0.15) is 0 Å². The number of anilines is 1. The highest BCUT2D eigenvalue weighted by atomic mass is 16.5. The highest BCUT2D eigenvalue weighted by molar-refractivity contribution is 6.07. The van der Waals surface area contributed by atoms with Crippen molar-refractivity contribution < 1.29 is 19.1 Å². The van der Waals surface area contributed by atoms with Gasteiger partial charge in [0.15, 0.2) is 5.78 Å². The van der Waals surface area contributed by atoms with Crippen LogP contribution >= 0.6 is 0 Å². The van der Waals surface area contributed by atoms with Crippen molar-refractivity contribution in [2.24, 2.45) is 0 Å². The molecule has 0 aromatic heterocycles. The highest BCUT2D eigenvalue weighted by Gasteiger charge is 2.39. The van der Waals surface area contributed by atoms with Crippen LogP contribution < -0.4 is 14.4 Å². The van der Waals surface area contributed by atoms with Crippen LogP contribution in [-0.2, 0) is 9.59 Å². The van der Waals surface area contributed by atoms with Gasteiger partial charge in [-0.15, -0.1) is 0 Å². The van der Waals surface area contributed by atoms with Gasteiger partial charge < -0.3 is 9.47 Å². The number of benzene rings is 2. The van der Waals surface area contributed by atoms with E-state index in [-0.39, 0.29) is 24.0 Å². The van der Waals surface area contributed by atoms with Crippen LogP contribution in [0, 0.1) is 0 Å². The van der Waals surface area contributed by atoms with E-state index >= 15 is 0 Å². The summed E-state index contributed by atoms with van der Waals surface area (Å²) in [5.74, 6) is 1.59. The lowest BCUT2D eigenvalue weighted by molar-refractivity contribution is -0.119. The first-order chi connectivity index (χ1) is 14.9. The lowest BCUT2D eigenvalue weighted by Crippen LogP contribution is -2.40. The maximum absolute atomic E-state index is 13.4. The van der Waals surface area contributed by atoms with E-state index in [0.29, 0.717) is 35.9 Å². The number of ketones is 1. The van der Waals surface area contributed by atoms with E-state index in [1.807, 2.05) is 12.1 Å². The Hall–Kier alpha value is -3.08. The third-order valence-electron chi connectivity index (χ3n) is 6.28. The molecule has 2 aromatic rings. The number of carbonyl (C=O) groups is 2. The predicted molar refractivity (Wildman–Crippen MR) is 121 cm³/mol. The van der Waals surface area contributed by atoms with Crippen molar-refractivity contribution in [1.29, 1.82) is 0 Å². The number of Topliss-reactive ketones (excluding diaryl/α,β-unsaturated/α-hetero) is 1. The summed E-state index contributed by atoms with van der Waals surface area (Å²) >= 11 is 0. The van der Waals surface area contributed by atoms with Gasteiger partial charge in [-0.05, 0) is 29.9 Å². The first kappa shape index (κ1) is 21.2. The number of carbonyl (C=O) groups excluding carboxylic acids is 2. The van der Waals surface area contributed by atoms with Crippen molar-refractivity contribution in [3.63, 3.8) is 0 Å². The van der Waals surface area contributed by atoms with Crippen LogP contribution in [0.25, 0.3) is 0 Å². The van der Waals surface area contributed by atoms with Crippen molar-refractivity contribution >= 4 is 17.4 Å². The molecule has 2 aromatic carbocycles. The minimum Gasteiger partial charge on any atom is -0.497 e. The van der Waals surface area contributed by atoms with Crippen LogP contribution in [0.4, 0.5) is 5.69 Å². The van der Waals surface area contributed by atoms with E-state index < -0.39 is 0 Å². The summed E-state index contributed by atoms with van der Waals surface area (Å²) in [6, 6.07) is 13.8. The number of ether oxygens (including phenoxy) is 2. The Morgan fingerprint density at radius 3 is 2.16 bits per heavy atom. The molecule has 4 rings (SSSR count). The van der Waals surface area contributed by atoms with Crippen molar-refractivity contribution in [3.8, 4) is 11.5 Å². The van der Waals surface area contributed by atoms with E-state index in [1.54, 1.807) is 25.2 Å². The first-order valence-corrected chi connectivity index (χ1v) is 10.8. The van der Waals surface area contributed by atoms with Crippen LogP contribution in [0.3, 0.4) is 0 Å². The Morgan fingerprint density at radius 2 is 1.58 bits per heavy atom. The van der Waals surface area contributed by atoms with E-state index in [0.717, 1.165) is 23.3 Å². The molecule has 1 aliphatic heterocycles. The third-order valence-corrected chi connectivity index (χ3v) is 6.28. The Bertz CT molecular complexity index is 1010. The van der Waals surface area contributed by atoms with Gasteiger partial charge in [0.1, 0.15) is 11.5 Å². The molecular weight excluding hydrogens is 390 g/mol. The van der Waals surface area contributed by atoms with Gasteiger partial charge in [0.05, 0.1) is 19.9 Å². The Labute approximate surface area is 183 Å². The van der Waals surface area contributed by atoms with Crippen molar-refractivity contribution in [2.45, 2.75) is 51.4 Å². The molecule has 5 nitrogen and oxygen atoms in total. The van der Waals surface area contributed by atoms with Crippen molar-refractivity contribution in [2.75, 3.05) is 19.1 Å². The second kappa shape index (κ2) is 8.58. The lowest BCUT2D eigenvalue weighted by atomic mass is 9.77. The summed E-state index contributed by atoms with van der Waals surface area (Å²) < 4.78 is 10.8. The average Bonchev–Trinajstić information content (AvgIpc) is 2.78. The van der Waals surface area contributed by atoms with E-state index in [4.69, 9.17) is 9.47 Å². The SMILES string of the molecule is COc1cc(OC)cc(N2C(=O)CC(c3ccc(C(C)C)cc3)C3=C2CCCC3=O)c1. The molecule has 0 bridgehead atoms. The molecule has 1 amide bonds. The molecule has 5 heteroatoms. The molecule has 0 fully saturated rings. The molecule has 0 saturated carbocycles. The van der Waals surface area contributed by atoms with Crippen molar-refractivity contribution in [1.82, 2.24) is 0 Å². The summed E-state index contributed by atoms with van der Waals surface area (Å²) in [5.41, 5.74) is 4.56. The van der Waals surface area contributed by atoms with Gasteiger partial charge in [0.25, 0.3) is 0 Å². The number of methoxy groups -OCH3 is 2. The first-order valence-electron chi connectivity index (χ1n) is 10.8. The van der Waals surface area contributed by atoms with Crippen LogP contribution in [0.2, 0.25) is 0 Å². The van der Waals surface area contributed by atoms with Crippen LogP contribution in [-0.4, -0.2) is 25.9 Å². The van der Waals surface area contributed by atoms with Gasteiger partial charge >= 0.3 is 0 Å². The maximum Gasteiger partial charge on any atom is 0.232 e. The van der Waals surface area contributed by atoms with E-state index in [2.05, 4.69) is 38.1 Å². The van der Waals surface area contributed by atoms with Crippen LogP contribution in [0.1, 0.15) is 62.5 Å². The summed E-state index contributed by atoms with van der Waals surface area (Å²) in [6.07, 6.45) is 2.25. The summed E-state index contributed by atoms with van der Waals surface area (Å²) in [5, 5.41) is 0. The molecule has 1 aliphatic carbocycles. The minimum absolute atomic E-state index is 0.0123. The van der Waals surface area contributed by atoms with Gasteiger partial charge in [-0.1, -0.05) is 38.1 Å². The number of hydrogen-bond acceptors (Lipinski definition) is 4. The van der Waals surface area contributed by atoms with Crippen LogP contribution in [0.15, 0.2) is 53.7 Å². The molecule has 2 aliphatic rings. The zero-order chi connectivity index (χ0) is 22.1. The molecule has 1 unspecified atom stereocenters. The lowest BCUT2D eigenvalue weighted by Gasteiger charge is -2.38. The summed E-state index contributed by atoms with van der Waals surface area (Å²) in [6.45, 7) is 4.31. The molecule has 0 saturated heterocycles. The highest BCUT2D eigenvalue weighted by Crippen LogP contribution is 2.44. The van der Waals surface area contributed by atoms with E-state index in [9.17, 15) is 9.59 Å². The number of hydrogen-bond donors (Lipinski definition) is 0. The quantitative estimate of drug-likeness (QED) is 0.655. The maximum atomic E-state index is 13.4. The Morgan fingerprint density at radius 1 is 0.935 bits per heavy atom. The molecular formula is C26H29NO4. The van der Waals surface area contributed by atoms with Gasteiger partial charge in [0.2, 0.25) is 5.91 Å². The number of amides is 1. The third kappa shape index (κ3) is 3.97. The number of nitrogens with zero attached hydrogens (tertiary/aromatic N) is 1. The smallest absolute Gasteiger partial charge is 0.232 e. The van der Waals surface area contributed by atoms with E-state index in [1.165, 1.54) is 5.56 Å². The fourth-order valence-electron chi connectivity index (χ4n) is 4.61. The summed E-state index contributed by atoms with van der Waals surface area (Å²) in [4.78, 5) is 28.2. The Kier molecular flexibility index (Phi) is 5.86. The predicted octanol–water partition coefficient (Wildman–Crippen LogP) is 5.35. The zero-order valence-electron chi connectivity index (χ0n) is 18.6. The van der Waals surface area contributed by atoms with Gasteiger partial charge in [-0.3, -0.25) is 14.5 Å². The number of rotatable bonds is 5. The second-order valence-electron chi connectivity index (χ2n) is 8.52. The monoisotopic (exact) mass is 419 g/mol. The topological polar surface area (TPSA) is 55.8 Å². The second-order valence-corrected chi connectivity index (χ2v) is 8.52. The molecule has 0 spiro atoms. The van der Waals surface area contributed by atoms with Gasteiger partial charge in [0, 0.05) is 48.2 Å². The van der Waals surface area contributed by atoms with Crippen LogP contribution in [0.5, 0.6) is 11.5 Å². The normalized spacial score (nSPS) is 19.0. The molecule has 1 atom stereocenters. The zero-order valence-corrected chi connectivity index (χ0v) is 18.6.